The highest BCUT2D eigenvalue weighted by Gasteiger charge is 2.26. The zero-order valence-corrected chi connectivity index (χ0v) is 16.7. The molecule has 1 aromatic carbocycles. The van der Waals surface area contributed by atoms with Gasteiger partial charge in [0.1, 0.15) is 10.8 Å². The minimum atomic E-state index is -0.426. The molecule has 0 spiro atoms. The van der Waals surface area contributed by atoms with Gasteiger partial charge in [-0.3, -0.25) is 25.2 Å². The number of rotatable bonds is 4. The van der Waals surface area contributed by atoms with E-state index >= 15 is 0 Å². The maximum Gasteiger partial charge on any atom is 0.272 e. The lowest BCUT2D eigenvalue weighted by molar-refractivity contribution is -0.119. The second-order valence-corrected chi connectivity index (χ2v) is 7.66. The third kappa shape index (κ3) is 4.33. The molecule has 0 atom stereocenters. The zero-order valence-electron chi connectivity index (χ0n) is 15.9. The van der Waals surface area contributed by atoms with Crippen molar-refractivity contribution in [3.63, 3.8) is 0 Å². The monoisotopic (exact) mass is 401 g/mol. The Morgan fingerprint density at radius 2 is 1.75 bits per heavy atom. The van der Waals surface area contributed by atoms with Gasteiger partial charge in [-0.15, -0.1) is 11.3 Å². The summed E-state index contributed by atoms with van der Waals surface area (Å²) in [5, 5.41) is 3.37. The number of carbonyl (C=O) groups is 3. The molecule has 0 unspecified atom stereocenters. The lowest BCUT2D eigenvalue weighted by Gasteiger charge is -2.11. The number of ether oxygens (including phenoxy) is 1. The molecule has 8 heteroatoms. The Labute approximate surface area is 167 Å². The van der Waals surface area contributed by atoms with Crippen LogP contribution in [0.1, 0.15) is 57.3 Å². The van der Waals surface area contributed by atoms with Gasteiger partial charge in [-0.2, -0.15) is 0 Å². The van der Waals surface area contributed by atoms with Gasteiger partial charge in [-0.1, -0.05) is 18.6 Å². The van der Waals surface area contributed by atoms with Gasteiger partial charge in [0, 0.05) is 11.8 Å². The number of amides is 3. The number of fused-ring (bicyclic) bond motifs is 1. The fraction of sp³-hybridized carbons (Fsp3) is 0.350. The van der Waals surface area contributed by atoms with Gasteiger partial charge in [-0.25, -0.2) is 0 Å². The number of hydrazine groups is 1. The predicted molar refractivity (Wildman–Crippen MR) is 108 cm³/mol. The Morgan fingerprint density at radius 1 is 1.00 bits per heavy atom. The van der Waals surface area contributed by atoms with E-state index in [1.165, 1.54) is 25.4 Å². The fourth-order valence-corrected chi connectivity index (χ4v) is 4.56. The van der Waals surface area contributed by atoms with Crippen molar-refractivity contribution in [3.8, 4) is 5.75 Å². The molecule has 3 rings (SSSR count). The van der Waals surface area contributed by atoms with Gasteiger partial charge >= 0.3 is 0 Å². The molecule has 0 saturated carbocycles. The second kappa shape index (κ2) is 8.88. The first-order valence-corrected chi connectivity index (χ1v) is 9.98. The van der Waals surface area contributed by atoms with E-state index in [0.717, 1.165) is 42.5 Å². The standard InChI is InChI=1S/C20H23N3O4S/c1-12(24)22-23-19(26)17-14-9-4-3-5-11-16(14)28-20(17)21-18(25)13-8-6-7-10-15(13)27-2/h6-8,10H,3-5,9,11H2,1-2H3,(H,21,25)(H,22,24)(H,23,26). The summed E-state index contributed by atoms with van der Waals surface area (Å²) in [4.78, 5) is 37.9. The van der Waals surface area contributed by atoms with E-state index < -0.39 is 5.91 Å². The number of benzene rings is 1. The van der Waals surface area contributed by atoms with Crippen molar-refractivity contribution in [1.82, 2.24) is 10.9 Å². The molecule has 1 aliphatic carbocycles. The Hall–Kier alpha value is -2.87. The van der Waals surface area contributed by atoms with Crippen molar-refractivity contribution in [1.29, 1.82) is 0 Å². The number of para-hydroxylation sites is 1. The SMILES string of the molecule is COc1ccccc1C(=O)Nc1sc2c(c1C(=O)NNC(C)=O)CCCCC2. The van der Waals surface area contributed by atoms with Crippen molar-refractivity contribution < 1.29 is 19.1 Å². The average Bonchev–Trinajstić information content (AvgIpc) is 2.86. The van der Waals surface area contributed by atoms with Crippen LogP contribution in [0.25, 0.3) is 0 Å². The van der Waals surface area contributed by atoms with Crippen LogP contribution in [0.5, 0.6) is 5.75 Å². The van der Waals surface area contributed by atoms with Crippen LogP contribution in [0.2, 0.25) is 0 Å². The molecule has 1 aromatic heterocycles. The van der Waals surface area contributed by atoms with E-state index in [9.17, 15) is 14.4 Å². The first kappa shape index (κ1) is 19.9. The predicted octanol–water partition coefficient (Wildman–Crippen LogP) is 3.06. The Kier molecular flexibility index (Phi) is 6.30. The maximum absolute atomic E-state index is 12.8. The number of anilines is 1. The summed E-state index contributed by atoms with van der Waals surface area (Å²) in [6, 6.07) is 6.92. The summed E-state index contributed by atoms with van der Waals surface area (Å²) >= 11 is 1.43. The molecule has 0 radical (unpaired) electrons. The van der Waals surface area contributed by atoms with Crippen LogP contribution in [-0.4, -0.2) is 24.8 Å². The molecule has 3 N–H and O–H groups in total. The lowest BCUT2D eigenvalue weighted by Crippen LogP contribution is -2.40. The van der Waals surface area contributed by atoms with Gasteiger partial charge in [0.2, 0.25) is 5.91 Å². The molecular weight excluding hydrogens is 378 g/mol. The van der Waals surface area contributed by atoms with Crippen molar-refractivity contribution in [3.05, 3.63) is 45.8 Å². The van der Waals surface area contributed by atoms with Gasteiger partial charge in [-0.05, 0) is 43.4 Å². The average molecular weight is 401 g/mol. The van der Waals surface area contributed by atoms with E-state index in [1.54, 1.807) is 24.3 Å². The molecule has 3 amide bonds. The summed E-state index contributed by atoms with van der Waals surface area (Å²) in [7, 11) is 1.51. The number of nitrogens with one attached hydrogen (secondary N) is 3. The van der Waals surface area contributed by atoms with Crippen LogP contribution < -0.4 is 20.9 Å². The van der Waals surface area contributed by atoms with E-state index in [2.05, 4.69) is 16.2 Å². The highest BCUT2D eigenvalue weighted by molar-refractivity contribution is 7.17. The Bertz CT molecular complexity index is 907. The van der Waals surface area contributed by atoms with Crippen molar-refractivity contribution in [2.24, 2.45) is 0 Å². The molecule has 0 bridgehead atoms. The van der Waals surface area contributed by atoms with Crippen molar-refractivity contribution >= 4 is 34.1 Å². The van der Waals surface area contributed by atoms with Crippen LogP contribution in [0.3, 0.4) is 0 Å². The summed E-state index contributed by atoms with van der Waals surface area (Å²) in [5.74, 6) is -0.677. The fourth-order valence-electron chi connectivity index (χ4n) is 3.28. The Morgan fingerprint density at radius 3 is 2.50 bits per heavy atom. The number of aryl methyl sites for hydroxylation is 1. The van der Waals surface area contributed by atoms with Gasteiger partial charge in [0.25, 0.3) is 11.8 Å². The molecule has 28 heavy (non-hydrogen) atoms. The third-order valence-electron chi connectivity index (χ3n) is 4.58. The topological polar surface area (TPSA) is 96.5 Å². The highest BCUT2D eigenvalue weighted by Crippen LogP contribution is 2.38. The minimum absolute atomic E-state index is 0.345. The van der Waals surface area contributed by atoms with E-state index in [4.69, 9.17) is 4.74 Å². The van der Waals surface area contributed by atoms with Gasteiger partial charge in [0.15, 0.2) is 0 Å². The van der Waals surface area contributed by atoms with Crippen molar-refractivity contribution in [2.45, 2.75) is 39.0 Å². The van der Waals surface area contributed by atoms with Crippen LogP contribution in [-0.2, 0) is 17.6 Å². The normalized spacial score (nSPS) is 13.1. The van der Waals surface area contributed by atoms with Gasteiger partial charge < -0.3 is 10.1 Å². The number of hydrogen-bond donors (Lipinski definition) is 3. The quantitative estimate of drug-likeness (QED) is 0.542. The molecule has 0 fully saturated rings. The third-order valence-corrected chi connectivity index (χ3v) is 5.79. The van der Waals surface area contributed by atoms with Gasteiger partial charge in [0.05, 0.1) is 18.2 Å². The smallest absolute Gasteiger partial charge is 0.272 e. The molecule has 2 aromatic rings. The van der Waals surface area contributed by atoms with E-state index in [0.29, 0.717) is 21.9 Å². The van der Waals surface area contributed by atoms with Crippen LogP contribution in [0, 0.1) is 0 Å². The number of thiophene rings is 1. The molecule has 148 valence electrons. The first-order valence-electron chi connectivity index (χ1n) is 9.17. The number of hydrogen-bond acceptors (Lipinski definition) is 5. The molecule has 0 aliphatic heterocycles. The maximum atomic E-state index is 12.8. The zero-order chi connectivity index (χ0) is 20.1. The summed E-state index contributed by atoms with van der Waals surface area (Å²) in [6.07, 6.45) is 4.81. The summed E-state index contributed by atoms with van der Waals surface area (Å²) < 4.78 is 5.26. The Balaban J connectivity index is 1.94. The van der Waals surface area contributed by atoms with E-state index in [1.807, 2.05) is 0 Å². The minimum Gasteiger partial charge on any atom is -0.496 e. The van der Waals surface area contributed by atoms with E-state index in [-0.39, 0.29) is 11.8 Å². The molecular formula is C20H23N3O4S. The molecule has 1 heterocycles. The first-order chi connectivity index (χ1) is 13.5. The highest BCUT2D eigenvalue weighted by atomic mass is 32.1. The largest absolute Gasteiger partial charge is 0.496 e. The van der Waals surface area contributed by atoms with Crippen LogP contribution in [0.4, 0.5) is 5.00 Å². The molecule has 7 nitrogen and oxygen atoms in total. The lowest BCUT2D eigenvalue weighted by atomic mass is 10.0. The van der Waals surface area contributed by atoms with Crippen LogP contribution >= 0.6 is 11.3 Å². The summed E-state index contributed by atoms with van der Waals surface area (Å²) in [6.45, 7) is 1.32. The number of carbonyl (C=O) groups excluding carboxylic acids is 3. The van der Waals surface area contributed by atoms with Crippen molar-refractivity contribution in [2.75, 3.05) is 12.4 Å². The second-order valence-electron chi connectivity index (χ2n) is 6.56. The van der Waals surface area contributed by atoms with Crippen LogP contribution in [0.15, 0.2) is 24.3 Å². The molecule has 1 aliphatic rings. The number of methoxy groups -OCH3 is 1. The molecule has 0 saturated heterocycles. The summed E-state index contributed by atoms with van der Waals surface area (Å²) in [5.41, 5.74) is 6.52.